The van der Waals surface area contributed by atoms with Crippen LogP contribution in [0.4, 0.5) is 20.4 Å². The zero-order valence-electron chi connectivity index (χ0n) is 23.5. The molecular weight excluding hydrogens is 546 g/mol. The average Bonchev–Trinajstić information content (AvgIpc) is 3.51. The van der Waals surface area contributed by atoms with Crippen molar-refractivity contribution >= 4 is 35.2 Å². The van der Waals surface area contributed by atoms with Crippen molar-refractivity contribution in [2.45, 2.75) is 14.4 Å². The fourth-order valence-electron chi connectivity index (χ4n) is 5.07. The van der Waals surface area contributed by atoms with E-state index >= 15 is 0 Å². The number of likely N-dealkylation sites (N-methyl/N-ethyl adjacent to an activating group) is 2. The Morgan fingerprint density at radius 1 is 0.810 bits per heavy atom. The number of hydrogen-bond acceptors (Lipinski definition) is 9. The third kappa shape index (κ3) is 6.07. The molecule has 6 rings (SSSR count). The maximum atomic E-state index is 14.7. The Labute approximate surface area is 243 Å². The number of aromatic nitrogens is 4. The maximum Gasteiger partial charge on any atom is 0.361 e. The first-order valence-electron chi connectivity index (χ1n) is 13.7. The first-order chi connectivity index (χ1) is 19.8. The Hall–Kier alpha value is -4.10. The fourth-order valence-corrected chi connectivity index (χ4v) is 5.07. The smallest absolute Gasteiger partial charge is 0.361 e. The summed E-state index contributed by atoms with van der Waals surface area (Å²) in [6.45, 7) is 8.87. The second-order valence-corrected chi connectivity index (χ2v) is 10.1. The summed E-state index contributed by atoms with van der Waals surface area (Å²) in [5.41, 5.74) is 0.484. The molecule has 4 aromatic heterocycles. The number of imidazole rings is 2. The van der Waals surface area contributed by atoms with Gasteiger partial charge in [-0.05, 0) is 45.3 Å². The van der Waals surface area contributed by atoms with Crippen LogP contribution < -0.4 is 9.80 Å². The normalized spacial score (nSPS) is 16.2. The summed E-state index contributed by atoms with van der Waals surface area (Å²) < 4.78 is 36.5. The summed E-state index contributed by atoms with van der Waals surface area (Å²) in [5.74, 6) is -0.509. The molecule has 0 bridgehead atoms. The molecule has 2 aliphatic heterocycles. The summed E-state index contributed by atoms with van der Waals surface area (Å²) in [6, 6.07) is 10.8. The molecule has 0 spiro atoms. The molecule has 0 aromatic carbocycles. The van der Waals surface area contributed by atoms with E-state index in [2.05, 4.69) is 43.7 Å². The number of anilines is 2. The minimum Gasteiger partial charge on any atom is -0.461 e. The van der Waals surface area contributed by atoms with E-state index < -0.39 is 17.9 Å². The highest BCUT2D eigenvalue weighted by atomic mass is 19.1. The van der Waals surface area contributed by atoms with Crippen LogP contribution in [0.1, 0.15) is 35.3 Å². The molecule has 13 heteroatoms. The van der Waals surface area contributed by atoms with Crippen molar-refractivity contribution < 1.29 is 23.1 Å². The van der Waals surface area contributed by atoms with Gasteiger partial charge in [0.2, 0.25) is 17.6 Å². The van der Waals surface area contributed by atoms with E-state index in [0.717, 1.165) is 58.2 Å². The summed E-state index contributed by atoms with van der Waals surface area (Å²) in [7, 11) is 4.13. The largest absolute Gasteiger partial charge is 0.461 e. The minimum atomic E-state index is -0.729. The summed E-state index contributed by atoms with van der Waals surface area (Å²) in [5, 5.41) is 0. The number of aldehydes is 1. The number of halogens is 2. The van der Waals surface area contributed by atoms with Gasteiger partial charge in [0, 0.05) is 52.4 Å². The van der Waals surface area contributed by atoms with Crippen LogP contribution in [-0.2, 0) is 4.74 Å². The second kappa shape index (κ2) is 13.3. The average molecular weight is 585 g/mol. The molecule has 4 aromatic rings. The van der Waals surface area contributed by atoms with Crippen LogP contribution in [0.25, 0.3) is 11.3 Å². The molecule has 6 heterocycles. The second-order valence-electron chi connectivity index (χ2n) is 10.1. The first-order valence-corrected chi connectivity index (χ1v) is 13.7. The zero-order chi connectivity index (χ0) is 29.1. The van der Waals surface area contributed by atoms with Gasteiger partial charge < -0.3 is 24.3 Å². The Bertz CT molecular complexity index is 1540. The summed E-state index contributed by atoms with van der Waals surface area (Å²) in [4.78, 5) is 39.3. The van der Waals surface area contributed by atoms with Gasteiger partial charge in [-0.3, -0.25) is 13.6 Å². The topological polar surface area (TPSA) is 90.9 Å². The number of rotatable bonds is 5. The monoisotopic (exact) mass is 584 g/mol. The van der Waals surface area contributed by atoms with E-state index in [1.165, 1.54) is 8.80 Å². The number of ether oxygens (including phenoxy) is 1. The number of fused-ring (bicyclic) bond motifs is 2. The number of esters is 1. The Kier molecular flexibility index (Phi) is 9.74. The molecule has 2 fully saturated rings. The van der Waals surface area contributed by atoms with E-state index in [-0.39, 0.29) is 25.4 Å². The van der Waals surface area contributed by atoms with Gasteiger partial charge in [0.15, 0.2) is 12.0 Å². The quantitative estimate of drug-likeness (QED) is 0.259. The van der Waals surface area contributed by atoms with Gasteiger partial charge in [-0.1, -0.05) is 19.6 Å². The lowest BCUT2D eigenvalue weighted by Gasteiger charge is -2.34. The molecule has 0 unspecified atom stereocenters. The Morgan fingerprint density at radius 3 is 1.76 bits per heavy atom. The number of pyridine rings is 2. The zero-order valence-corrected chi connectivity index (χ0v) is 23.5. The molecule has 42 heavy (non-hydrogen) atoms. The molecule has 0 N–H and O–H groups in total. The van der Waals surface area contributed by atoms with E-state index in [1.807, 2.05) is 24.3 Å². The van der Waals surface area contributed by atoms with Crippen molar-refractivity contribution in [3.8, 4) is 0 Å². The molecule has 0 radical (unpaired) electrons. The van der Waals surface area contributed by atoms with Crippen LogP contribution in [-0.4, -0.2) is 114 Å². The SMILES string of the molecule is C.CCOC(=O)c1nc2cccc(N3CCN(C)CC3)n2c1F.CN1CCN(c2cccc3nc(C=O)c(F)n23)CC1. The standard InChI is InChI=1S/C15H19FN4O2.C13H15FN4O.CH4/c1-3-22-15(21)13-14(16)20-11(17-13)5-4-6-12(20)19-9-7-18(2)8-10-19;1-16-5-7-17(8-6-16)12-4-2-3-11-15-10(9-19)13(14)18(11)12;/h4-6H,3,7-10H2,1-2H3;2-4,9H,5-8H2,1H3;1H4. The molecule has 0 saturated carbocycles. The van der Waals surface area contributed by atoms with Gasteiger partial charge in [0.1, 0.15) is 22.9 Å². The minimum absolute atomic E-state index is 0. The van der Waals surface area contributed by atoms with Crippen LogP contribution in [0.5, 0.6) is 0 Å². The van der Waals surface area contributed by atoms with Crippen LogP contribution in [0, 0.1) is 11.9 Å². The van der Waals surface area contributed by atoms with Gasteiger partial charge in [-0.25, -0.2) is 14.8 Å². The van der Waals surface area contributed by atoms with Crippen molar-refractivity contribution in [2.24, 2.45) is 0 Å². The lowest BCUT2D eigenvalue weighted by atomic mass is 10.3. The maximum absolute atomic E-state index is 14.7. The number of carbonyl (C=O) groups is 2. The number of piperazine rings is 2. The fraction of sp³-hybridized carbons (Fsp3) is 0.448. The molecule has 2 aliphatic rings. The van der Waals surface area contributed by atoms with E-state index in [0.29, 0.717) is 23.4 Å². The number of carbonyl (C=O) groups excluding carboxylic acids is 2. The van der Waals surface area contributed by atoms with Crippen molar-refractivity contribution in [1.29, 1.82) is 0 Å². The van der Waals surface area contributed by atoms with Crippen molar-refractivity contribution in [1.82, 2.24) is 28.6 Å². The highest BCUT2D eigenvalue weighted by molar-refractivity contribution is 5.88. The predicted octanol–water partition coefficient (Wildman–Crippen LogP) is 3.08. The van der Waals surface area contributed by atoms with Crippen molar-refractivity contribution in [3.63, 3.8) is 0 Å². The van der Waals surface area contributed by atoms with Crippen LogP contribution in [0.3, 0.4) is 0 Å². The van der Waals surface area contributed by atoms with Crippen LogP contribution >= 0.6 is 0 Å². The molecule has 0 atom stereocenters. The van der Waals surface area contributed by atoms with Gasteiger partial charge in [0.05, 0.1) is 6.61 Å². The molecule has 0 aliphatic carbocycles. The van der Waals surface area contributed by atoms with Crippen molar-refractivity contribution in [3.05, 3.63) is 59.7 Å². The lowest BCUT2D eigenvalue weighted by Crippen LogP contribution is -2.45. The first kappa shape index (κ1) is 30.8. The highest BCUT2D eigenvalue weighted by Crippen LogP contribution is 2.23. The van der Waals surface area contributed by atoms with Crippen LogP contribution in [0.2, 0.25) is 0 Å². The van der Waals surface area contributed by atoms with Gasteiger partial charge in [-0.15, -0.1) is 0 Å². The molecule has 226 valence electrons. The Balaban J connectivity index is 0.000000190. The summed E-state index contributed by atoms with van der Waals surface area (Å²) >= 11 is 0. The molecule has 11 nitrogen and oxygen atoms in total. The van der Waals surface area contributed by atoms with Crippen molar-refractivity contribution in [2.75, 3.05) is 82.9 Å². The third-order valence-electron chi connectivity index (χ3n) is 7.39. The number of hydrogen-bond donors (Lipinski definition) is 0. The lowest BCUT2D eigenvalue weighted by molar-refractivity contribution is 0.0514. The van der Waals surface area contributed by atoms with Gasteiger partial charge >= 0.3 is 5.97 Å². The molecule has 2 saturated heterocycles. The number of nitrogens with zero attached hydrogens (tertiary/aromatic N) is 8. The van der Waals surface area contributed by atoms with E-state index in [1.54, 1.807) is 19.1 Å². The molecular formula is C29H38F2N8O3. The van der Waals surface area contributed by atoms with E-state index in [4.69, 9.17) is 4.74 Å². The Morgan fingerprint density at radius 2 is 1.29 bits per heavy atom. The highest BCUT2D eigenvalue weighted by Gasteiger charge is 2.25. The predicted molar refractivity (Wildman–Crippen MR) is 158 cm³/mol. The molecule has 0 amide bonds. The third-order valence-corrected chi connectivity index (χ3v) is 7.39. The van der Waals surface area contributed by atoms with E-state index in [9.17, 15) is 18.4 Å². The van der Waals surface area contributed by atoms with Crippen LogP contribution in [0.15, 0.2) is 36.4 Å². The van der Waals surface area contributed by atoms with Gasteiger partial charge in [-0.2, -0.15) is 8.78 Å². The van der Waals surface area contributed by atoms with Gasteiger partial charge in [0.25, 0.3) is 0 Å². The summed E-state index contributed by atoms with van der Waals surface area (Å²) in [6.07, 6.45) is 0.454.